The summed E-state index contributed by atoms with van der Waals surface area (Å²) in [6, 6.07) is 6.46. The summed E-state index contributed by atoms with van der Waals surface area (Å²) >= 11 is 10.9. The minimum atomic E-state index is -3.51. The minimum absolute atomic E-state index is 0.0332. The standard InChI is InChI=1S/C10H12F2.C7H12F2.2C6H10O2.2C6H12O2.C6H14.C5H8Cl2O2.C5H6F2O2.C5H10.C4H6F2O2/c1-3-8-4-6-9(7-5-8)10(2,11)12;1-3-7(4-5-7)6(2,8)9;1-5(7)8-6(2)3-4-6;1-5(7)8-4-6-2-3-6;1-5(7)8-6(2,3)4;1-5(2)4-8-6(3)7;1-5-6(2,3)4;1-4(8)9-3-5(2,6)7;1-3(8)4(9)5(2,6)7;1-2-5-3-4-5;1-3(7)8-4(2,5)6/h4-7H,3H2,1-2H3;3-5H2,1-2H3;3-4H2,1-2H3;6H,2-4H2,1H3;1-4H3;5H,4H2,1-3H3;5H2,1-4H3;3H2,1-2H3;1-2H3;5H,2-4H2,1H3;1-2H3. The molecule has 90 heavy (non-hydrogen) atoms. The Morgan fingerprint density at radius 1 is 0.567 bits per heavy atom. The Labute approximate surface area is 543 Å². The van der Waals surface area contributed by atoms with Crippen molar-refractivity contribution in [2.75, 3.05) is 19.8 Å². The van der Waals surface area contributed by atoms with Gasteiger partial charge < -0.3 is 28.4 Å². The predicted molar refractivity (Wildman–Crippen MR) is 338 cm³/mol. The highest BCUT2D eigenvalue weighted by atomic mass is 35.5. The number of aryl methyl sites for hydroxylation is 1. The van der Waals surface area contributed by atoms with Crippen molar-refractivity contribution >= 4 is 70.6 Å². The lowest BCUT2D eigenvalue weighted by Gasteiger charge is -2.20. The second-order valence-corrected chi connectivity index (χ2v) is 27.3. The zero-order chi connectivity index (χ0) is 72.7. The lowest BCUT2D eigenvalue weighted by Crippen LogP contribution is -2.30. The average molecular weight is 1350 g/mol. The lowest BCUT2D eigenvalue weighted by atomic mass is 9.94. The highest BCUT2D eigenvalue weighted by Crippen LogP contribution is 2.58. The number of carbonyl (C=O) groups excluding carboxylic acids is 8. The normalized spacial score (nSPS) is 14.7. The molecule has 4 fully saturated rings. The largest absolute Gasteiger partial charge is 0.466 e. The SMILES string of the molecule is CC(=O)C(=O)C(C)(F)F.CC(=O)OC(C)(C)C.CC(=O)OC(C)(F)F.CC(=O)OC1(C)CC1.CC(=O)OCC(C)(Cl)Cl.CC(=O)OCC(C)C.CC(=O)OCC1CC1.CCC(C)(C)C.CCC1(C(C)(F)F)CC1.CCC1CC1.CCc1ccc(C(C)(F)F)cc1. The van der Waals surface area contributed by atoms with Crippen molar-refractivity contribution in [1.82, 2.24) is 0 Å². The van der Waals surface area contributed by atoms with E-state index in [0.29, 0.717) is 63.6 Å². The van der Waals surface area contributed by atoms with E-state index in [9.17, 15) is 73.5 Å². The average Bonchev–Trinajstić information content (AvgIpc) is 1.72. The number of ketones is 2. The maximum absolute atomic E-state index is 12.7. The topological polar surface area (TPSA) is 192 Å². The molecule has 4 aliphatic carbocycles. The number of alkyl halides is 10. The first-order valence-electron chi connectivity index (χ1n) is 30.2. The van der Waals surface area contributed by atoms with Gasteiger partial charge in [-0.25, -0.2) is 17.6 Å². The quantitative estimate of drug-likeness (QED) is 0.0529. The third kappa shape index (κ3) is 74.1. The summed E-state index contributed by atoms with van der Waals surface area (Å²) in [5.41, 5.74) is 0.702. The smallest absolute Gasteiger partial charge is 0.396 e. The van der Waals surface area contributed by atoms with Gasteiger partial charge in [-0.1, -0.05) is 135 Å². The Bertz CT molecular complexity index is 2120. The molecule has 14 nitrogen and oxygen atoms in total. The number of halogens is 10. The van der Waals surface area contributed by atoms with Crippen molar-refractivity contribution in [3.8, 4) is 0 Å². The van der Waals surface area contributed by atoms with E-state index in [0.717, 1.165) is 58.4 Å². The Balaban J connectivity index is -0.000000217. The van der Waals surface area contributed by atoms with Gasteiger partial charge >= 0.3 is 47.8 Å². The molecule has 0 radical (unpaired) electrons. The van der Waals surface area contributed by atoms with E-state index in [4.69, 9.17) is 37.4 Å². The van der Waals surface area contributed by atoms with Gasteiger partial charge in [-0.2, -0.15) is 17.6 Å². The molecular weight excluding hydrogens is 1240 g/mol. The molecule has 530 valence electrons. The van der Waals surface area contributed by atoms with Crippen LogP contribution in [0.2, 0.25) is 0 Å². The fourth-order valence-corrected chi connectivity index (χ4v) is 5.57. The number of ether oxygens (including phenoxy) is 6. The molecule has 24 heteroatoms. The summed E-state index contributed by atoms with van der Waals surface area (Å²) in [4.78, 5) is 80.7. The summed E-state index contributed by atoms with van der Waals surface area (Å²) in [6.07, 6.45) is 9.87. The molecule has 0 aromatic heterocycles. The predicted octanol–water partition coefficient (Wildman–Crippen LogP) is 18.8. The van der Waals surface area contributed by atoms with Crippen LogP contribution in [0.25, 0.3) is 0 Å². The second kappa shape index (κ2) is 45.7. The highest BCUT2D eigenvalue weighted by molar-refractivity contribution is 6.48. The number of carbonyl (C=O) groups is 8. The molecular formula is C66H112Cl2F8O14. The van der Waals surface area contributed by atoms with Crippen LogP contribution in [0.4, 0.5) is 35.1 Å². The maximum Gasteiger partial charge on any atom is 0.396 e. The van der Waals surface area contributed by atoms with Crippen LogP contribution in [0.1, 0.15) is 255 Å². The molecule has 5 rings (SSSR count). The summed E-state index contributed by atoms with van der Waals surface area (Å²) < 4.78 is 123. The van der Waals surface area contributed by atoms with E-state index in [1.807, 2.05) is 55.4 Å². The number of Topliss-reactive ketones (excluding diaryl/α,β-unsaturated/α-hetero) is 2. The Kier molecular flexibility index (Phi) is 48.9. The fraction of sp³-hybridized carbons (Fsp3) is 0.788. The van der Waals surface area contributed by atoms with Gasteiger partial charge in [0.25, 0.3) is 17.6 Å². The molecule has 0 bridgehead atoms. The van der Waals surface area contributed by atoms with Gasteiger partial charge in [-0.15, -0.1) is 0 Å². The Hall–Kier alpha value is -4.60. The van der Waals surface area contributed by atoms with Crippen molar-refractivity contribution in [3.05, 3.63) is 35.4 Å². The summed E-state index contributed by atoms with van der Waals surface area (Å²) in [5, 5.41) is 0. The zero-order valence-corrected chi connectivity index (χ0v) is 60.2. The molecule has 0 heterocycles. The molecule has 0 unspecified atom stereocenters. The van der Waals surface area contributed by atoms with Gasteiger partial charge in [0, 0.05) is 80.2 Å². The molecule has 1 aromatic carbocycles. The molecule has 0 saturated heterocycles. The van der Waals surface area contributed by atoms with E-state index in [1.54, 1.807) is 19.1 Å². The van der Waals surface area contributed by atoms with Crippen LogP contribution in [0, 0.1) is 28.6 Å². The van der Waals surface area contributed by atoms with Crippen LogP contribution in [0.3, 0.4) is 0 Å². The Morgan fingerprint density at radius 2 is 0.967 bits per heavy atom. The van der Waals surface area contributed by atoms with Gasteiger partial charge in [0.15, 0.2) is 0 Å². The maximum atomic E-state index is 12.7. The van der Waals surface area contributed by atoms with E-state index in [1.165, 1.54) is 85.3 Å². The molecule has 4 saturated carbocycles. The third-order valence-corrected chi connectivity index (χ3v) is 12.1. The van der Waals surface area contributed by atoms with Crippen LogP contribution >= 0.6 is 23.2 Å². The first kappa shape index (κ1) is 96.5. The van der Waals surface area contributed by atoms with Crippen molar-refractivity contribution in [2.24, 2.45) is 28.6 Å². The number of rotatable bonds is 15. The van der Waals surface area contributed by atoms with E-state index in [2.05, 4.69) is 48.8 Å². The number of esters is 6. The van der Waals surface area contributed by atoms with Crippen LogP contribution in [0.15, 0.2) is 24.3 Å². The first-order chi connectivity index (χ1) is 40.2. The molecule has 0 aliphatic heterocycles. The van der Waals surface area contributed by atoms with Crippen molar-refractivity contribution < 1.29 is 102 Å². The van der Waals surface area contributed by atoms with Crippen LogP contribution in [-0.2, 0) is 79.1 Å². The second-order valence-electron chi connectivity index (χ2n) is 25.4. The Morgan fingerprint density at radius 3 is 1.08 bits per heavy atom. The first-order valence-corrected chi connectivity index (χ1v) is 31.0. The van der Waals surface area contributed by atoms with Crippen molar-refractivity contribution in [2.45, 2.75) is 290 Å². The van der Waals surface area contributed by atoms with Gasteiger partial charge in [-0.3, -0.25) is 38.4 Å². The highest BCUT2D eigenvalue weighted by Gasteiger charge is 2.57. The fourth-order valence-electron chi connectivity index (χ4n) is 5.46. The van der Waals surface area contributed by atoms with Crippen LogP contribution < -0.4 is 0 Å². The van der Waals surface area contributed by atoms with Gasteiger partial charge in [-0.05, 0) is 122 Å². The monoisotopic (exact) mass is 1350 g/mol. The molecule has 0 atom stereocenters. The number of benzene rings is 1. The molecule has 0 spiro atoms. The third-order valence-electron chi connectivity index (χ3n) is 11.9. The minimum Gasteiger partial charge on any atom is -0.466 e. The van der Waals surface area contributed by atoms with Crippen LogP contribution in [0.5, 0.6) is 0 Å². The van der Waals surface area contributed by atoms with Gasteiger partial charge in [0.2, 0.25) is 5.78 Å². The number of hydrogen-bond donors (Lipinski definition) is 0. The molecule has 4 aliphatic rings. The summed E-state index contributed by atoms with van der Waals surface area (Å²) in [7, 11) is 0. The summed E-state index contributed by atoms with van der Waals surface area (Å²) in [6.45, 7) is 40.9. The van der Waals surface area contributed by atoms with Crippen molar-refractivity contribution in [1.29, 1.82) is 0 Å². The molecule has 0 amide bonds. The molecule has 1 aromatic rings. The summed E-state index contributed by atoms with van der Waals surface area (Å²) in [5.74, 6) is -11.2. The number of hydrogen-bond acceptors (Lipinski definition) is 14. The lowest BCUT2D eigenvalue weighted by molar-refractivity contribution is -0.220. The van der Waals surface area contributed by atoms with E-state index < -0.39 is 51.2 Å². The van der Waals surface area contributed by atoms with Crippen LogP contribution in [-0.4, -0.2) is 101 Å². The molecule has 0 N–H and O–H groups in total. The van der Waals surface area contributed by atoms with E-state index >= 15 is 0 Å². The zero-order valence-electron chi connectivity index (χ0n) is 58.6. The van der Waals surface area contributed by atoms with Gasteiger partial charge in [0.05, 0.1) is 13.2 Å². The van der Waals surface area contributed by atoms with E-state index in [-0.39, 0.29) is 53.2 Å². The van der Waals surface area contributed by atoms with Gasteiger partial charge in [0.1, 0.15) is 22.1 Å². The van der Waals surface area contributed by atoms with Crippen molar-refractivity contribution in [3.63, 3.8) is 0 Å².